The van der Waals surface area contributed by atoms with Crippen molar-refractivity contribution in [2.75, 3.05) is 5.32 Å². The van der Waals surface area contributed by atoms with Crippen LogP contribution < -0.4 is 11.1 Å². The number of aromatic amines is 1. The van der Waals surface area contributed by atoms with Gasteiger partial charge < -0.3 is 9.73 Å². The molecule has 1 aromatic heterocycles. The second kappa shape index (κ2) is 5.44. The number of oxazole rings is 1. The van der Waals surface area contributed by atoms with Crippen LogP contribution in [-0.4, -0.2) is 10.9 Å². The van der Waals surface area contributed by atoms with E-state index in [0.29, 0.717) is 22.7 Å². The highest BCUT2D eigenvalue weighted by molar-refractivity contribution is 5.92. The molecule has 0 bridgehead atoms. The summed E-state index contributed by atoms with van der Waals surface area (Å²) >= 11 is 0. The van der Waals surface area contributed by atoms with Gasteiger partial charge in [0.15, 0.2) is 5.58 Å². The molecule has 1 heterocycles. The Morgan fingerprint density at radius 3 is 2.77 bits per heavy atom. The van der Waals surface area contributed by atoms with E-state index in [0.717, 1.165) is 12.1 Å². The number of hydrogen-bond acceptors (Lipinski definition) is 3. The molecule has 7 heteroatoms. The maximum absolute atomic E-state index is 13.5. The monoisotopic (exact) mass is 304 g/mol. The summed E-state index contributed by atoms with van der Waals surface area (Å²) in [5.74, 6) is -2.60. The average Bonchev–Trinajstić information content (AvgIpc) is 2.81. The molecular formula is C15H10F2N2O3. The molecule has 5 nitrogen and oxygen atoms in total. The van der Waals surface area contributed by atoms with Gasteiger partial charge in [0.05, 0.1) is 17.6 Å². The van der Waals surface area contributed by atoms with Crippen LogP contribution in [0.15, 0.2) is 45.6 Å². The highest BCUT2D eigenvalue weighted by Crippen LogP contribution is 2.16. The molecule has 0 fully saturated rings. The predicted molar refractivity (Wildman–Crippen MR) is 75.5 cm³/mol. The van der Waals surface area contributed by atoms with E-state index >= 15 is 0 Å². The zero-order chi connectivity index (χ0) is 15.7. The van der Waals surface area contributed by atoms with Crippen LogP contribution in [0.1, 0.15) is 5.56 Å². The SMILES string of the molecule is O=C(Cc1ccc2oc(=O)[nH]c2c1)Nc1ccc(F)cc1F. The van der Waals surface area contributed by atoms with Crippen LogP contribution >= 0.6 is 0 Å². The Morgan fingerprint density at radius 2 is 2.00 bits per heavy atom. The Labute approximate surface area is 122 Å². The number of halogens is 2. The second-order valence-electron chi connectivity index (χ2n) is 4.69. The minimum absolute atomic E-state index is 0.0278. The first kappa shape index (κ1) is 14.0. The topological polar surface area (TPSA) is 75.1 Å². The summed E-state index contributed by atoms with van der Waals surface area (Å²) in [6, 6.07) is 7.69. The number of anilines is 1. The number of nitrogens with one attached hydrogen (secondary N) is 2. The standard InChI is InChI=1S/C15H10F2N2O3/c16-9-2-3-11(10(17)7-9)18-14(20)6-8-1-4-13-12(5-8)19-15(21)22-13/h1-5,7H,6H2,(H,18,20)(H,19,21). The highest BCUT2D eigenvalue weighted by Gasteiger charge is 2.10. The van der Waals surface area contributed by atoms with Gasteiger partial charge in [0, 0.05) is 6.07 Å². The van der Waals surface area contributed by atoms with Crippen molar-refractivity contribution >= 4 is 22.7 Å². The summed E-state index contributed by atoms with van der Waals surface area (Å²) in [7, 11) is 0. The van der Waals surface area contributed by atoms with E-state index in [9.17, 15) is 18.4 Å². The first-order valence-electron chi connectivity index (χ1n) is 6.38. The minimum atomic E-state index is -0.844. The summed E-state index contributed by atoms with van der Waals surface area (Å²) in [6.45, 7) is 0. The van der Waals surface area contributed by atoms with Crippen LogP contribution in [0, 0.1) is 11.6 Å². The Hall–Kier alpha value is -2.96. The molecule has 22 heavy (non-hydrogen) atoms. The highest BCUT2D eigenvalue weighted by atomic mass is 19.1. The number of H-pyrrole nitrogens is 1. The summed E-state index contributed by atoms with van der Waals surface area (Å²) in [4.78, 5) is 25.4. The van der Waals surface area contributed by atoms with Crippen molar-refractivity contribution < 1.29 is 18.0 Å². The van der Waals surface area contributed by atoms with Crippen LogP contribution in [-0.2, 0) is 11.2 Å². The van der Waals surface area contributed by atoms with Gasteiger partial charge in [-0.15, -0.1) is 0 Å². The van der Waals surface area contributed by atoms with Crippen LogP contribution in [0.25, 0.3) is 11.1 Å². The van der Waals surface area contributed by atoms with Crippen molar-refractivity contribution in [3.05, 3.63) is 64.1 Å². The van der Waals surface area contributed by atoms with Gasteiger partial charge in [0.25, 0.3) is 0 Å². The molecule has 0 aliphatic rings. The predicted octanol–water partition coefficient (Wildman–Crippen LogP) is 2.58. The van der Waals surface area contributed by atoms with Crippen molar-refractivity contribution in [2.24, 2.45) is 0 Å². The molecule has 3 rings (SSSR count). The van der Waals surface area contributed by atoms with Crippen molar-refractivity contribution in [3.63, 3.8) is 0 Å². The first-order chi connectivity index (χ1) is 10.5. The van der Waals surface area contributed by atoms with Crippen molar-refractivity contribution in [1.82, 2.24) is 4.98 Å². The number of benzene rings is 2. The molecular weight excluding hydrogens is 294 g/mol. The quantitative estimate of drug-likeness (QED) is 0.781. The number of hydrogen-bond donors (Lipinski definition) is 2. The lowest BCUT2D eigenvalue weighted by molar-refractivity contribution is -0.115. The molecule has 3 aromatic rings. The maximum atomic E-state index is 13.5. The molecule has 1 amide bonds. The molecule has 0 aliphatic heterocycles. The summed E-state index contributed by atoms with van der Waals surface area (Å²) in [5, 5.41) is 2.36. The summed E-state index contributed by atoms with van der Waals surface area (Å²) in [5.41, 5.74) is 1.38. The zero-order valence-corrected chi connectivity index (χ0v) is 11.2. The maximum Gasteiger partial charge on any atom is 0.417 e. The Morgan fingerprint density at radius 1 is 1.18 bits per heavy atom. The largest absolute Gasteiger partial charge is 0.417 e. The third kappa shape index (κ3) is 2.88. The molecule has 0 radical (unpaired) electrons. The van der Waals surface area contributed by atoms with Gasteiger partial charge in [-0.05, 0) is 29.8 Å². The van der Waals surface area contributed by atoms with Gasteiger partial charge in [-0.1, -0.05) is 6.07 Å². The van der Waals surface area contributed by atoms with Gasteiger partial charge in [-0.25, -0.2) is 13.6 Å². The Kier molecular flexibility index (Phi) is 3.46. The normalized spacial score (nSPS) is 10.8. The van der Waals surface area contributed by atoms with Crippen LogP contribution in [0.5, 0.6) is 0 Å². The van der Waals surface area contributed by atoms with E-state index < -0.39 is 23.3 Å². The van der Waals surface area contributed by atoms with E-state index in [-0.39, 0.29) is 12.1 Å². The lowest BCUT2D eigenvalue weighted by Gasteiger charge is -2.06. The third-order valence-corrected chi connectivity index (χ3v) is 3.05. The number of fused-ring (bicyclic) bond motifs is 1. The number of carbonyl (C=O) groups excluding carboxylic acids is 1. The molecule has 0 spiro atoms. The van der Waals surface area contributed by atoms with E-state index in [1.165, 1.54) is 0 Å². The van der Waals surface area contributed by atoms with Gasteiger partial charge in [0.2, 0.25) is 5.91 Å². The molecule has 0 saturated carbocycles. The van der Waals surface area contributed by atoms with Gasteiger partial charge in [-0.3, -0.25) is 9.78 Å². The van der Waals surface area contributed by atoms with Crippen molar-refractivity contribution in [3.8, 4) is 0 Å². The molecule has 0 aliphatic carbocycles. The third-order valence-electron chi connectivity index (χ3n) is 3.05. The smallest absolute Gasteiger partial charge is 0.408 e. The summed E-state index contributed by atoms with van der Waals surface area (Å²) in [6.07, 6.45) is -0.0278. The summed E-state index contributed by atoms with van der Waals surface area (Å²) < 4.78 is 31.1. The van der Waals surface area contributed by atoms with Crippen LogP contribution in [0.4, 0.5) is 14.5 Å². The van der Waals surface area contributed by atoms with Gasteiger partial charge >= 0.3 is 5.76 Å². The second-order valence-corrected chi connectivity index (χ2v) is 4.69. The van der Waals surface area contributed by atoms with Crippen molar-refractivity contribution in [2.45, 2.75) is 6.42 Å². The molecule has 112 valence electrons. The van der Waals surface area contributed by atoms with E-state index in [1.807, 2.05) is 0 Å². The fraction of sp³-hybridized carbons (Fsp3) is 0.0667. The number of aromatic nitrogens is 1. The van der Waals surface area contributed by atoms with Gasteiger partial charge in [0.1, 0.15) is 11.6 Å². The van der Waals surface area contributed by atoms with Gasteiger partial charge in [-0.2, -0.15) is 0 Å². The van der Waals surface area contributed by atoms with E-state index in [4.69, 9.17) is 4.42 Å². The minimum Gasteiger partial charge on any atom is -0.408 e. The molecule has 2 aromatic carbocycles. The lowest BCUT2D eigenvalue weighted by Crippen LogP contribution is -2.15. The number of carbonyl (C=O) groups is 1. The molecule has 0 atom stereocenters. The fourth-order valence-electron chi connectivity index (χ4n) is 2.08. The molecule has 0 unspecified atom stereocenters. The first-order valence-corrected chi connectivity index (χ1v) is 6.38. The number of rotatable bonds is 3. The van der Waals surface area contributed by atoms with Crippen LogP contribution in [0.2, 0.25) is 0 Å². The number of amides is 1. The van der Waals surface area contributed by atoms with Crippen LogP contribution in [0.3, 0.4) is 0 Å². The Balaban J connectivity index is 1.76. The molecule has 2 N–H and O–H groups in total. The molecule has 0 saturated heterocycles. The van der Waals surface area contributed by atoms with Crippen molar-refractivity contribution in [1.29, 1.82) is 0 Å². The van der Waals surface area contributed by atoms with E-state index in [2.05, 4.69) is 10.3 Å². The lowest BCUT2D eigenvalue weighted by atomic mass is 10.1. The Bertz CT molecular complexity index is 915. The zero-order valence-electron chi connectivity index (χ0n) is 11.2. The fourth-order valence-corrected chi connectivity index (χ4v) is 2.08. The van der Waals surface area contributed by atoms with E-state index in [1.54, 1.807) is 18.2 Å². The average molecular weight is 304 g/mol.